The molecule has 1 unspecified atom stereocenters. The fourth-order valence-electron chi connectivity index (χ4n) is 2.69. The van der Waals surface area contributed by atoms with Gasteiger partial charge in [0.2, 0.25) is 5.91 Å². The lowest BCUT2D eigenvalue weighted by atomic mass is 10.0. The highest BCUT2D eigenvalue weighted by molar-refractivity contribution is 5.97. The van der Waals surface area contributed by atoms with Crippen LogP contribution in [0.3, 0.4) is 0 Å². The zero-order chi connectivity index (χ0) is 16.2. The lowest BCUT2D eigenvalue weighted by Gasteiger charge is -2.24. The summed E-state index contributed by atoms with van der Waals surface area (Å²) >= 11 is 0. The molecule has 116 valence electrons. The minimum absolute atomic E-state index is 0.0467. The van der Waals surface area contributed by atoms with Crippen molar-refractivity contribution in [3.63, 3.8) is 0 Å². The molecule has 23 heavy (non-hydrogen) atoms. The minimum Gasteiger partial charge on any atom is -0.324 e. The van der Waals surface area contributed by atoms with Crippen LogP contribution in [0, 0.1) is 0 Å². The molecule has 4 heteroatoms. The van der Waals surface area contributed by atoms with E-state index in [0.29, 0.717) is 0 Å². The predicted molar refractivity (Wildman–Crippen MR) is 93.2 cm³/mol. The van der Waals surface area contributed by atoms with E-state index >= 15 is 0 Å². The van der Waals surface area contributed by atoms with E-state index in [1.54, 1.807) is 6.20 Å². The topological polar surface area (TPSA) is 45.2 Å². The largest absolute Gasteiger partial charge is 0.324 e. The first-order valence-corrected chi connectivity index (χ1v) is 7.51. The number of rotatable bonds is 4. The third kappa shape index (κ3) is 3.38. The van der Waals surface area contributed by atoms with E-state index in [2.05, 4.69) is 10.3 Å². The van der Waals surface area contributed by atoms with Gasteiger partial charge in [0.25, 0.3) is 0 Å². The summed E-state index contributed by atoms with van der Waals surface area (Å²) < 4.78 is 0. The molecule has 1 atom stereocenters. The Balaban J connectivity index is 1.86. The van der Waals surface area contributed by atoms with E-state index in [1.165, 1.54) is 0 Å². The number of hydrogen-bond acceptors (Lipinski definition) is 3. The molecule has 1 heterocycles. The molecule has 0 saturated carbocycles. The second kappa shape index (κ2) is 6.58. The zero-order valence-electron chi connectivity index (χ0n) is 13.2. The van der Waals surface area contributed by atoms with Crippen molar-refractivity contribution in [2.24, 2.45) is 0 Å². The molecule has 1 amide bonds. The minimum atomic E-state index is -0.329. The Morgan fingerprint density at radius 2 is 1.83 bits per heavy atom. The maximum Gasteiger partial charge on any atom is 0.246 e. The van der Waals surface area contributed by atoms with Crippen LogP contribution in [-0.2, 0) is 4.79 Å². The van der Waals surface area contributed by atoms with Gasteiger partial charge < -0.3 is 5.32 Å². The molecule has 0 fully saturated rings. The highest BCUT2D eigenvalue weighted by atomic mass is 16.2. The van der Waals surface area contributed by atoms with Gasteiger partial charge in [-0.05, 0) is 43.2 Å². The zero-order valence-corrected chi connectivity index (χ0v) is 13.2. The number of benzene rings is 2. The van der Waals surface area contributed by atoms with Crippen molar-refractivity contribution in [2.75, 3.05) is 19.4 Å². The molecule has 0 aliphatic heterocycles. The molecule has 0 aliphatic rings. The molecule has 1 N–H and O–H groups in total. The van der Waals surface area contributed by atoms with Crippen LogP contribution >= 0.6 is 0 Å². The van der Waals surface area contributed by atoms with Crippen LogP contribution in [-0.4, -0.2) is 29.9 Å². The Morgan fingerprint density at radius 3 is 2.57 bits per heavy atom. The normalized spacial score (nSPS) is 12.3. The van der Waals surface area contributed by atoms with Gasteiger partial charge in [0, 0.05) is 23.5 Å². The molecule has 0 saturated heterocycles. The molecule has 4 nitrogen and oxygen atoms in total. The number of fused-ring (bicyclic) bond motifs is 1. The lowest BCUT2D eigenvalue weighted by Crippen LogP contribution is -2.32. The number of anilines is 1. The quantitative estimate of drug-likeness (QED) is 0.802. The van der Waals surface area contributed by atoms with Crippen molar-refractivity contribution in [2.45, 2.75) is 6.04 Å². The SMILES string of the molecule is CN(C)C(C(=O)Nc1ccc2cnccc2c1)c1ccccc1. The van der Waals surface area contributed by atoms with E-state index < -0.39 is 0 Å². The van der Waals surface area contributed by atoms with Gasteiger partial charge in [0.1, 0.15) is 6.04 Å². The van der Waals surface area contributed by atoms with Crippen molar-refractivity contribution >= 4 is 22.4 Å². The second-order valence-electron chi connectivity index (χ2n) is 5.70. The molecule has 0 bridgehead atoms. The van der Waals surface area contributed by atoms with Gasteiger partial charge in [0.05, 0.1) is 0 Å². The molecule has 3 rings (SSSR count). The van der Waals surface area contributed by atoms with Crippen LogP contribution in [0.5, 0.6) is 0 Å². The fraction of sp³-hybridized carbons (Fsp3) is 0.158. The van der Waals surface area contributed by atoms with Gasteiger partial charge in [0.15, 0.2) is 0 Å². The molecule has 0 aliphatic carbocycles. The van der Waals surface area contributed by atoms with E-state index in [1.807, 2.05) is 79.8 Å². The summed E-state index contributed by atoms with van der Waals surface area (Å²) in [6.07, 6.45) is 3.56. The van der Waals surface area contributed by atoms with Crippen LogP contribution in [0.1, 0.15) is 11.6 Å². The van der Waals surface area contributed by atoms with Crippen molar-refractivity contribution < 1.29 is 4.79 Å². The van der Waals surface area contributed by atoms with E-state index in [4.69, 9.17) is 0 Å². The van der Waals surface area contributed by atoms with Gasteiger partial charge in [-0.25, -0.2) is 0 Å². The van der Waals surface area contributed by atoms with Gasteiger partial charge >= 0.3 is 0 Å². The summed E-state index contributed by atoms with van der Waals surface area (Å²) in [6.45, 7) is 0. The summed E-state index contributed by atoms with van der Waals surface area (Å²) in [5, 5.41) is 5.12. The highest BCUT2D eigenvalue weighted by Crippen LogP contribution is 2.22. The summed E-state index contributed by atoms with van der Waals surface area (Å²) in [4.78, 5) is 18.7. The summed E-state index contributed by atoms with van der Waals surface area (Å²) in [5.41, 5.74) is 1.76. The first-order valence-electron chi connectivity index (χ1n) is 7.51. The van der Waals surface area contributed by atoms with Crippen molar-refractivity contribution in [1.29, 1.82) is 0 Å². The number of amides is 1. The second-order valence-corrected chi connectivity index (χ2v) is 5.70. The maximum absolute atomic E-state index is 12.7. The average molecular weight is 305 g/mol. The average Bonchev–Trinajstić information content (AvgIpc) is 2.55. The fourth-order valence-corrected chi connectivity index (χ4v) is 2.69. The van der Waals surface area contributed by atoms with Gasteiger partial charge in [-0.2, -0.15) is 0 Å². The number of carbonyl (C=O) groups is 1. The predicted octanol–water partition coefficient (Wildman–Crippen LogP) is 3.48. The van der Waals surface area contributed by atoms with Crippen molar-refractivity contribution in [3.05, 3.63) is 72.6 Å². The first kappa shape index (κ1) is 15.2. The van der Waals surface area contributed by atoms with Gasteiger partial charge in [-0.15, -0.1) is 0 Å². The smallest absolute Gasteiger partial charge is 0.246 e. The van der Waals surface area contributed by atoms with Crippen LogP contribution < -0.4 is 5.32 Å². The van der Waals surface area contributed by atoms with Crippen LogP contribution in [0.4, 0.5) is 5.69 Å². The Hall–Kier alpha value is -2.72. The van der Waals surface area contributed by atoms with Crippen LogP contribution in [0.2, 0.25) is 0 Å². The standard InChI is InChI=1S/C19H19N3O/c1-22(2)18(14-6-4-3-5-7-14)19(23)21-17-9-8-16-13-20-11-10-15(16)12-17/h3-13,18H,1-2H3,(H,21,23). The number of carbonyl (C=O) groups excluding carboxylic acids is 1. The number of pyridine rings is 1. The molecule has 0 spiro atoms. The van der Waals surface area contributed by atoms with Gasteiger partial charge in [-0.3, -0.25) is 14.7 Å². The van der Waals surface area contributed by atoms with E-state index in [-0.39, 0.29) is 11.9 Å². The Morgan fingerprint density at radius 1 is 1.04 bits per heavy atom. The summed E-state index contributed by atoms with van der Waals surface area (Å²) in [6, 6.07) is 17.2. The Kier molecular flexibility index (Phi) is 4.35. The number of aromatic nitrogens is 1. The molecular formula is C19H19N3O. The Labute approximate surface area is 135 Å². The molecule has 0 radical (unpaired) electrons. The first-order chi connectivity index (χ1) is 11.1. The number of likely N-dealkylation sites (N-methyl/N-ethyl adjacent to an activating group) is 1. The maximum atomic E-state index is 12.7. The molecular weight excluding hydrogens is 286 g/mol. The van der Waals surface area contributed by atoms with Gasteiger partial charge in [-0.1, -0.05) is 36.4 Å². The summed E-state index contributed by atoms with van der Waals surface area (Å²) in [7, 11) is 3.81. The molecule has 2 aromatic carbocycles. The van der Waals surface area contributed by atoms with E-state index in [0.717, 1.165) is 22.0 Å². The highest BCUT2D eigenvalue weighted by Gasteiger charge is 2.22. The third-order valence-corrected chi connectivity index (χ3v) is 3.79. The molecule has 1 aromatic heterocycles. The van der Waals surface area contributed by atoms with Crippen molar-refractivity contribution in [1.82, 2.24) is 9.88 Å². The third-order valence-electron chi connectivity index (χ3n) is 3.79. The Bertz CT molecular complexity index is 815. The monoisotopic (exact) mass is 305 g/mol. The summed E-state index contributed by atoms with van der Waals surface area (Å²) in [5.74, 6) is -0.0467. The number of nitrogens with one attached hydrogen (secondary N) is 1. The van der Waals surface area contributed by atoms with Crippen LogP contribution in [0.25, 0.3) is 10.8 Å². The van der Waals surface area contributed by atoms with Crippen LogP contribution in [0.15, 0.2) is 67.0 Å². The van der Waals surface area contributed by atoms with E-state index in [9.17, 15) is 4.79 Å². The number of nitrogens with zero attached hydrogens (tertiary/aromatic N) is 2. The van der Waals surface area contributed by atoms with Crippen molar-refractivity contribution in [3.8, 4) is 0 Å². The lowest BCUT2D eigenvalue weighted by molar-refractivity contribution is -0.120. The molecule has 3 aromatic rings. The number of hydrogen-bond donors (Lipinski definition) is 1.